The van der Waals surface area contributed by atoms with E-state index in [0.29, 0.717) is 6.42 Å². The number of carbonyl (C=O) groups is 2. The van der Waals surface area contributed by atoms with Crippen LogP contribution in [0.2, 0.25) is 0 Å². The van der Waals surface area contributed by atoms with Gasteiger partial charge in [-0.1, -0.05) is 26.8 Å². The largest absolute Gasteiger partial charge is 0.323 e. The van der Waals surface area contributed by atoms with Crippen LogP contribution in [0.3, 0.4) is 0 Å². The molecule has 2 aliphatic heterocycles. The van der Waals surface area contributed by atoms with Gasteiger partial charge in [-0.2, -0.15) is 0 Å². The fourth-order valence-corrected chi connectivity index (χ4v) is 4.54. The lowest BCUT2D eigenvalue weighted by molar-refractivity contribution is -0.147. The Labute approximate surface area is 133 Å². The third-order valence-electron chi connectivity index (χ3n) is 6.36. The van der Waals surface area contributed by atoms with Crippen molar-refractivity contribution in [3.05, 3.63) is 12.7 Å². The van der Waals surface area contributed by atoms with Crippen LogP contribution in [0.15, 0.2) is 12.7 Å². The highest BCUT2D eigenvalue weighted by Gasteiger charge is 2.64. The topological polar surface area (TPSA) is 61.4 Å². The number of rotatable bonds is 4. The fourth-order valence-electron chi connectivity index (χ4n) is 4.54. The SMILES string of the molecule is C=CCN1C(C)(CC)CC2(NC(=O)NC2=O)C(C)C1(C)CC. The first-order valence-corrected chi connectivity index (χ1v) is 8.22. The van der Waals surface area contributed by atoms with Gasteiger partial charge in [0.05, 0.1) is 0 Å². The molecule has 4 atom stereocenters. The average molecular weight is 307 g/mol. The highest BCUT2D eigenvalue weighted by atomic mass is 16.2. The summed E-state index contributed by atoms with van der Waals surface area (Å²) in [6.07, 6.45) is 4.37. The maximum absolute atomic E-state index is 12.6. The van der Waals surface area contributed by atoms with Gasteiger partial charge >= 0.3 is 6.03 Å². The van der Waals surface area contributed by atoms with Crippen molar-refractivity contribution in [1.82, 2.24) is 15.5 Å². The highest BCUT2D eigenvalue weighted by molar-refractivity contribution is 6.07. The zero-order chi connectivity index (χ0) is 16.8. The van der Waals surface area contributed by atoms with Crippen molar-refractivity contribution in [3.8, 4) is 0 Å². The molecule has 1 spiro atoms. The summed E-state index contributed by atoms with van der Waals surface area (Å²) in [6, 6.07) is -0.370. The molecule has 2 N–H and O–H groups in total. The second-order valence-corrected chi connectivity index (χ2v) is 7.24. The van der Waals surface area contributed by atoms with Gasteiger partial charge in [-0.25, -0.2) is 4.79 Å². The van der Waals surface area contributed by atoms with Crippen LogP contribution < -0.4 is 10.6 Å². The third kappa shape index (κ3) is 2.09. The number of hydrogen-bond acceptors (Lipinski definition) is 3. The molecule has 2 saturated heterocycles. The summed E-state index contributed by atoms with van der Waals surface area (Å²) in [5.74, 6) is -0.168. The highest BCUT2D eigenvalue weighted by Crippen LogP contribution is 2.50. The molecule has 2 heterocycles. The summed E-state index contributed by atoms with van der Waals surface area (Å²) >= 11 is 0. The Morgan fingerprint density at radius 3 is 2.36 bits per heavy atom. The van der Waals surface area contributed by atoms with E-state index in [-0.39, 0.29) is 28.9 Å². The molecule has 124 valence electrons. The van der Waals surface area contributed by atoms with E-state index in [4.69, 9.17) is 0 Å². The van der Waals surface area contributed by atoms with Crippen molar-refractivity contribution in [2.75, 3.05) is 6.54 Å². The van der Waals surface area contributed by atoms with E-state index in [9.17, 15) is 9.59 Å². The molecule has 2 aliphatic rings. The lowest BCUT2D eigenvalue weighted by Crippen LogP contribution is -2.75. The number of nitrogens with one attached hydrogen (secondary N) is 2. The Bertz CT molecular complexity index is 506. The molecule has 2 rings (SSSR count). The Balaban J connectivity index is 2.58. The van der Waals surface area contributed by atoms with E-state index >= 15 is 0 Å². The second kappa shape index (κ2) is 5.37. The zero-order valence-electron chi connectivity index (χ0n) is 14.5. The number of carbonyl (C=O) groups excluding carboxylic acids is 2. The van der Waals surface area contributed by atoms with Crippen molar-refractivity contribution in [1.29, 1.82) is 0 Å². The van der Waals surface area contributed by atoms with Crippen LogP contribution in [0, 0.1) is 5.92 Å². The lowest BCUT2D eigenvalue weighted by atomic mass is 9.60. The Hall–Kier alpha value is -1.36. The van der Waals surface area contributed by atoms with Crippen LogP contribution in [0.1, 0.15) is 53.9 Å². The summed E-state index contributed by atoms with van der Waals surface area (Å²) < 4.78 is 0. The van der Waals surface area contributed by atoms with E-state index in [2.05, 4.69) is 56.7 Å². The first kappa shape index (κ1) is 17.0. The van der Waals surface area contributed by atoms with E-state index in [1.807, 2.05) is 6.08 Å². The standard InChI is InChI=1S/C17H29N3O2/c1-7-10-20-15(5,8-2)11-17(12(4)16(20,6)9-3)13(21)18-14(22)19-17/h7,12H,1,8-11H2,2-6H3,(H2,18,19,21,22). The smallest absolute Gasteiger partial charge is 0.322 e. The van der Waals surface area contributed by atoms with Gasteiger partial charge in [0, 0.05) is 23.5 Å². The molecule has 2 fully saturated rings. The number of imide groups is 1. The Morgan fingerprint density at radius 2 is 1.95 bits per heavy atom. The molecule has 4 unspecified atom stereocenters. The van der Waals surface area contributed by atoms with Crippen molar-refractivity contribution >= 4 is 11.9 Å². The van der Waals surface area contributed by atoms with Crippen LogP contribution in [0.25, 0.3) is 0 Å². The van der Waals surface area contributed by atoms with Crippen molar-refractivity contribution in [3.63, 3.8) is 0 Å². The van der Waals surface area contributed by atoms with Crippen molar-refractivity contribution < 1.29 is 9.59 Å². The van der Waals surface area contributed by atoms with E-state index in [1.54, 1.807) is 0 Å². The van der Waals surface area contributed by atoms with Gasteiger partial charge in [-0.05, 0) is 33.1 Å². The number of piperidine rings is 1. The second-order valence-electron chi connectivity index (χ2n) is 7.24. The van der Waals surface area contributed by atoms with Gasteiger partial charge in [0.15, 0.2) is 0 Å². The van der Waals surface area contributed by atoms with E-state index in [0.717, 1.165) is 19.4 Å². The molecule has 0 aromatic carbocycles. The summed E-state index contributed by atoms with van der Waals surface area (Å²) in [5.41, 5.74) is -1.17. The van der Waals surface area contributed by atoms with Gasteiger partial charge in [0.1, 0.15) is 5.54 Å². The van der Waals surface area contributed by atoms with Gasteiger partial charge < -0.3 is 5.32 Å². The van der Waals surface area contributed by atoms with Crippen LogP contribution in [-0.4, -0.2) is 40.0 Å². The normalized spacial score (nSPS) is 42.3. The molecular weight excluding hydrogens is 278 g/mol. The van der Waals surface area contributed by atoms with E-state index in [1.165, 1.54) is 0 Å². The number of hydrogen-bond donors (Lipinski definition) is 2. The number of likely N-dealkylation sites (tertiary alicyclic amines) is 1. The number of urea groups is 1. The molecule has 22 heavy (non-hydrogen) atoms. The Morgan fingerprint density at radius 1 is 1.32 bits per heavy atom. The molecule has 5 heteroatoms. The summed E-state index contributed by atoms with van der Waals surface area (Å²) in [7, 11) is 0. The minimum Gasteiger partial charge on any atom is -0.323 e. The first-order valence-electron chi connectivity index (χ1n) is 8.22. The molecule has 0 aromatic heterocycles. The van der Waals surface area contributed by atoms with Crippen LogP contribution >= 0.6 is 0 Å². The number of amides is 3. The number of nitrogens with zero attached hydrogens (tertiary/aromatic N) is 1. The summed E-state index contributed by atoms with van der Waals surface area (Å²) in [5, 5.41) is 5.41. The van der Waals surface area contributed by atoms with Gasteiger partial charge in [0.25, 0.3) is 5.91 Å². The fraction of sp³-hybridized carbons (Fsp3) is 0.765. The average Bonchev–Trinajstić information content (AvgIpc) is 2.76. The predicted molar refractivity (Wildman–Crippen MR) is 87.5 cm³/mol. The molecule has 0 aliphatic carbocycles. The third-order valence-corrected chi connectivity index (χ3v) is 6.36. The van der Waals surface area contributed by atoms with Crippen molar-refractivity contribution in [2.24, 2.45) is 5.92 Å². The molecule has 5 nitrogen and oxygen atoms in total. The van der Waals surface area contributed by atoms with Gasteiger partial charge in [-0.15, -0.1) is 6.58 Å². The minimum atomic E-state index is -0.815. The summed E-state index contributed by atoms with van der Waals surface area (Å²) in [4.78, 5) is 26.9. The lowest BCUT2D eigenvalue weighted by Gasteiger charge is -2.63. The quantitative estimate of drug-likeness (QED) is 0.619. The first-order chi connectivity index (χ1) is 10.2. The van der Waals surface area contributed by atoms with E-state index < -0.39 is 5.54 Å². The molecule has 3 amide bonds. The van der Waals surface area contributed by atoms with Crippen molar-refractivity contribution in [2.45, 2.75) is 70.5 Å². The van der Waals surface area contributed by atoms with Crippen LogP contribution in [0.4, 0.5) is 4.79 Å². The molecule has 0 bridgehead atoms. The Kier molecular flexibility index (Phi) is 4.15. The molecule has 0 saturated carbocycles. The predicted octanol–water partition coefficient (Wildman–Crippen LogP) is 2.43. The molecule has 0 aromatic rings. The minimum absolute atomic E-state index is 0.0102. The van der Waals surface area contributed by atoms with Crippen LogP contribution in [0.5, 0.6) is 0 Å². The van der Waals surface area contributed by atoms with Gasteiger partial charge in [-0.3, -0.25) is 15.0 Å². The summed E-state index contributed by atoms with van der Waals surface area (Å²) in [6.45, 7) is 15.5. The maximum atomic E-state index is 12.6. The maximum Gasteiger partial charge on any atom is 0.322 e. The zero-order valence-corrected chi connectivity index (χ0v) is 14.5. The monoisotopic (exact) mass is 307 g/mol. The van der Waals surface area contributed by atoms with Crippen LogP contribution in [-0.2, 0) is 4.79 Å². The van der Waals surface area contributed by atoms with Gasteiger partial charge in [0.2, 0.25) is 0 Å². The molecular formula is C17H29N3O2. The molecule has 0 radical (unpaired) electrons.